The first-order valence-electron chi connectivity index (χ1n) is 9.00. The number of carbonyl (C=O) groups is 1. The zero-order chi connectivity index (χ0) is 18.8. The zero-order valence-corrected chi connectivity index (χ0v) is 15.6. The van der Waals surface area contributed by atoms with Crippen LogP contribution in [-0.4, -0.2) is 20.8 Å². The molecule has 0 fully saturated rings. The number of ketones is 1. The molecule has 1 unspecified atom stereocenters. The maximum atomic E-state index is 14.0. The van der Waals surface area contributed by atoms with Crippen LogP contribution in [0.15, 0.2) is 36.7 Å². The molecule has 0 radical (unpaired) electrons. The lowest BCUT2D eigenvalue weighted by atomic mass is 9.83. The fraction of sp³-hybridized carbons (Fsp3) is 0.381. The van der Waals surface area contributed by atoms with Crippen LogP contribution in [0.1, 0.15) is 54.7 Å². The number of fused-ring (bicyclic) bond motifs is 1. The lowest BCUT2D eigenvalue weighted by Crippen LogP contribution is -2.19. The van der Waals surface area contributed by atoms with Crippen LogP contribution < -0.4 is 0 Å². The Kier molecular flexibility index (Phi) is 5.16. The Morgan fingerprint density at radius 2 is 2.23 bits per heavy atom. The third-order valence-electron chi connectivity index (χ3n) is 5.07. The van der Waals surface area contributed by atoms with Crippen molar-refractivity contribution in [2.45, 2.75) is 46.5 Å². The predicted octanol–water partition coefficient (Wildman–Crippen LogP) is 5.14. The number of halogens is 1. The number of allylic oxidation sites excluding steroid dienone is 3. The fourth-order valence-electron chi connectivity index (χ4n) is 3.47. The molecule has 0 N–H and O–H groups in total. The topological polar surface area (TPSA) is 47.8 Å². The SMILES string of the molecule is C=CCC/C(=C(\C)F)n1nnc(-c2ccc3c(c2)CCC(C)C3=O)c1C. The summed E-state index contributed by atoms with van der Waals surface area (Å²) in [5, 5.41) is 8.45. The van der Waals surface area contributed by atoms with Crippen molar-refractivity contribution >= 4 is 11.5 Å². The molecule has 1 aliphatic carbocycles. The summed E-state index contributed by atoms with van der Waals surface area (Å²) in [6, 6.07) is 5.82. The molecule has 1 heterocycles. The van der Waals surface area contributed by atoms with E-state index in [4.69, 9.17) is 0 Å². The van der Waals surface area contributed by atoms with Gasteiger partial charge in [-0.05, 0) is 51.2 Å². The number of rotatable bonds is 5. The first-order valence-corrected chi connectivity index (χ1v) is 9.00. The molecule has 3 rings (SSSR count). The molecule has 0 saturated carbocycles. The van der Waals surface area contributed by atoms with Gasteiger partial charge in [0.15, 0.2) is 5.78 Å². The standard InChI is InChI=1S/C21H24FN3O/c1-5-6-7-19(14(3)22)25-15(4)20(23-24-25)17-10-11-18-16(12-17)9-8-13(2)21(18)26/h5,10-13H,1,6-9H2,2-4H3/b19-14-. The van der Waals surface area contributed by atoms with E-state index in [9.17, 15) is 9.18 Å². The van der Waals surface area contributed by atoms with Crippen molar-refractivity contribution in [2.24, 2.45) is 5.92 Å². The molecule has 5 heteroatoms. The largest absolute Gasteiger partial charge is 0.294 e. The van der Waals surface area contributed by atoms with Crippen molar-refractivity contribution in [1.29, 1.82) is 0 Å². The minimum absolute atomic E-state index is 0.0843. The molecule has 136 valence electrons. The number of hydrogen-bond donors (Lipinski definition) is 0. The van der Waals surface area contributed by atoms with E-state index in [2.05, 4.69) is 16.9 Å². The Morgan fingerprint density at radius 1 is 1.46 bits per heavy atom. The summed E-state index contributed by atoms with van der Waals surface area (Å²) in [6.07, 6.45) is 4.71. The van der Waals surface area contributed by atoms with Crippen LogP contribution in [0.3, 0.4) is 0 Å². The molecule has 1 aromatic carbocycles. The van der Waals surface area contributed by atoms with Crippen LogP contribution in [0.25, 0.3) is 17.0 Å². The molecule has 1 atom stereocenters. The Balaban J connectivity index is 1.99. The van der Waals surface area contributed by atoms with Gasteiger partial charge in [0.1, 0.15) is 11.5 Å². The van der Waals surface area contributed by atoms with Crippen molar-refractivity contribution < 1.29 is 9.18 Å². The third kappa shape index (κ3) is 3.26. The summed E-state index contributed by atoms with van der Waals surface area (Å²) < 4.78 is 15.6. The highest BCUT2D eigenvalue weighted by atomic mass is 19.1. The maximum Gasteiger partial charge on any atom is 0.165 e. The molecule has 1 aliphatic rings. The molecule has 0 saturated heterocycles. The number of nitrogens with zero attached hydrogens (tertiary/aromatic N) is 3. The summed E-state index contributed by atoms with van der Waals surface area (Å²) in [4.78, 5) is 12.3. The van der Waals surface area contributed by atoms with Crippen LogP contribution >= 0.6 is 0 Å². The quantitative estimate of drug-likeness (QED) is 0.699. The van der Waals surface area contributed by atoms with E-state index in [1.165, 1.54) is 6.92 Å². The van der Waals surface area contributed by atoms with E-state index in [0.29, 0.717) is 18.5 Å². The zero-order valence-electron chi connectivity index (χ0n) is 15.6. The van der Waals surface area contributed by atoms with E-state index in [-0.39, 0.29) is 17.5 Å². The van der Waals surface area contributed by atoms with Crippen molar-refractivity contribution in [3.63, 3.8) is 0 Å². The summed E-state index contributed by atoms with van der Waals surface area (Å²) in [5.41, 5.74) is 4.79. The second-order valence-electron chi connectivity index (χ2n) is 6.92. The second-order valence-corrected chi connectivity index (χ2v) is 6.92. The summed E-state index contributed by atoms with van der Waals surface area (Å²) >= 11 is 0. The molecule has 4 nitrogen and oxygen atoms in total. The van der Waals surface area contributed by atoms with Crippen molar-refractivity contribution in [2.75, 3.05) is 0 Å². The van der Waals surface area contributed by atoms with Crippen LogP contribution in [0.5, 0.6) is 0 Å². The van der Waals surface area contributed by atoms with Gasteiger partial charge in [0.05, 0.1) is 11.4 Å². The number of benzene rings is 1. The highest BCUT2D eigenvalue weighted by molar-refractivity contribution is 6.00. The van der Waals surface area contributed by atoms with Gasteiger partial charge < -0.3 is 0 Å². The van der Waals surface area contributed by atoms with Crippen LogP contribution in [-0.2, 0) is 6.42 Å². The van der Waals surface area contributed by atoms with E-state index in [1.807, 2.05) is 32.0 Å². The average Bonchev–Trinajstić information content (AvgIpc) is 2.99. The van der Waals surface area contributed by atoms with Gasteiger partial charge in [0.25, 0.3) is 0 Å². The molecule has 2 aromatic rings. The molecule has 1 aromatic heterocycles. The Hall–Kier alpha value is -2.56. The molecule has 26 heavy (non-hydrogen) atoms. The van der Waals surface area contributed by atoms with Gasteiger partial charge in [-0.1, -0.05) is 30.3 Å². The minimum atomic E-state index is -0.267. The van der Waals surface area contributed by atoms with Crippen LogP contribution in [0.2, 0.25) is 0 Å². The van der Waals surface area contributed by atoms with Gasteiger partial charge in [0.2, 0.25) is 0 Å². The summed E-state index contributed by atoms with van der Waals surface area (Å²) in [7, 11) is 0. The van der Waals surface area contributed by atoms with Gasteiger partial charge in [-0.25, -0.2) is 9.07 Å². The van der Waals surface area contributed by atoms with Crippen LogP contribution in [0.4, 0.5) is 4.39 Å². The minimum Gasteiger partial charge on any atom is -0.294 e. The molecule has 0 aliphatic heterocycles. The van der Waals surface area contributed by atoms with Gasteiger partial charge in [-0.2, -0.15) is 0 Å². The van der Waals surface area contributed by atoms with Gasteiger partial charge in [0, 0.05) is 17.0 Å². The van der Waals surface area contributed by atoms with Gasteiger partial charge in [-0.15, -0.1) is 11.7 Å². The number of aromatic nitrogens is 3. The predicted molar refractivity (Wildman–Crippen MR) is 101 cm³/mol. The number of carbonyl (C=O) groups excluding carboxylic acids is 1. The van der Waals surface area contributed by atoms with Crippen molar-refractivity contribution in [3.8, 4) is 11.3 Å². The number of Topliss-reactive ketones (excluding diaryl/α,β-unsaturated/α-hetero) is 1. The fourth-order valence-corrected chi connectivity index (χ4v) is 3.47. The highest BCUT2D eigenvalue weighted by Gasteiger charge is 2.25. The van der Waals surface area contributed by atoms with Crippen molar-refractivity contribution in [3.05, 3.63) is 53.5 Å². The monoisotopic (exact) mass is 353 g/mol. The van der Waals surface area contributed by atoms with E-state index < -0.39 is 0 Å². The highest BCUT2D eigenvalue weighted by Crippen LogP contribution is 2.31. The Bertz CT molecular complexity index is 891. The van der Waals surface area contributed by atoms with Crippen LogP contribution in [0, 0.1) is 12.8 Å². The van der Waals surface area contributed by atoms with Gasteiger partial charge in [-0.3, -0.25) is 4.79 Å². The first kappa shape index (κ1) is 18.2. The normalized spacial score (nSPS) is 17.7. The number of hydrogen-bond acceptors (Lipinski definition) is 3. The third-order valence-corrected chi connectivity index (χ3v) is 5.07. The first-order chi connectivity index (χ1) is 12.4. The number of aryl methyl sites for hydroxylation is 1. The Morgan fingerprint density at radius 3 is 2.92 bits per heavy atom. The van der Waals surface area contributed by atoms with Gasteiger partial charge >= 0.3 is 0 Å². The second kappa shape index (κ2) is 7.36. The molecule has 0 spiro atoms. The van der Waals surface area contributed by atoms with E-state index in [0.717, 1.165) is 40.9 Å². The molecular formula is C21H24FN3O. The van der Waals surface area contributed by atoms with E-state index >= 15 is 0 Å². The average molecular weight is 353 g/mol. The Labute approximate surface area is 153 Å². The molecule has 0 amide bonds. The van der Waals surface area contributed by atoms with Crippen molar-refractivity contribution in [1.82, 2.24) is 15.0 Å². The summed E-state index contributed by atoms with van der Waals surface area (Å²) in [5.74, 6) is 0.0262. The smallest absolute Gasteiger partial charge is 0.165 e. The maximum absolute atomic E-state index is 14.0. The molecule has 0 bridgehead atoms. The molecular weight excluding hydrogens is 329 g/mol. The summed E-state index contributed by atoms with van der Waals surface area (Å²) in [6.45, 7) is 9.00. The lowest BCUT2D eigenvalue weighted by Gasteiger charge is -2.20. The lowest BCUT2D eigenvalue weighted by molar-refractivity contribution is 0.0913. The van der Waals surface area contributed by atoms with E-state index in [1.54, 1.807) is 10.8 Å².